The molecule has 0 radical (unpaired) electrons. The Hall–Kier alpha value is -1.93. The van der Waals surface area contributed by atoms with E-state index in [0.717, 1.165) is 24.7 Å². The SMILES string of the molecule is CS(=O)(=O)N1CCCCC1C(=O)NCCc1cccc(C(=O)O)c1. The number of piperidine rings is 1. The number of carboxylic acid groups (broad SMARTS) is 1. The summed E-state index contributed by atoms with van der Waals surface area (Å²) >= 11 is 0. The fourth-order valence-electron chi connectivity index (χ4n) is 2.87. The normalized spacial score (nSPS) is 19.0. The van der Waals surface area contributed by atoms with Gasteiger partial charge in [-0.2, -0.15) is 4.31 Å². The molecule has 1 amide bonds. The molecule has 1 fully saturated rings. The summed E-state index contributed by atoms with van der Waals surface area (Å²) in [6, 6.07) is 5.88. The highest BCUT2D eigenvalue weighted by Gasteiger charge is 2.34. The molecule has 132 valence electrons. The zero-order valence-electron chi connectivity index (χ0n) is 13.6. The fourth-order valence-corrected chi connectivity index (χ4v) is 4.00. The van der Waals surface area contributed by atoms with Crippen molar-refractivity contribution in [3.05, 3.63) is 35.4 Å². The maximum absolute atomic E-state index is 12.3. The number of sulfonamides is 1. The third kappa shape index (κ3) is 4.78. The fraction of sp³-hybridized carbons (Fsp3) is 0.500. The van der Waals surface area contributed by atoms with E-state index in [2.05, 4.69) is 5.32 Å². The standard InChI is InChI=1S/C16H22N2O5S/c1-24(22,23)18-10-3-2-7-14(18)15(19)17-9-8-12-5-4-6-13(11-12)16(20)21/h4-6,11,14H,2-3,7-10H2,1H3,(H,17,19)(H,20,21). The van der Waals surface area contributed by atoms with Gasteiger partial charge < -0.3 is 10.4 Å². The molecular formula is C16H22N2O5S. The highest BCUT2D eigenvalue weighted by molar-refractivity contribution is 7.88. The Morgan fingerprint density at radius 1 is 1.33 bits per heavy atom. The summed E-state index contributed by atoms with van der Waals surface area (Å²) in [6.07, 6.45) is 3.71. The lowest BCUT2D eigenvalue weighted by Crippen LogP contribution is -2.51. The van der Waals surface area contributed by atoms with E-state index in [1.54, 1.807) is 18.2 Å². The molecule has 24 heavy (non-hydrogen) atoms. The summed E-state index contributed by atoms with van der Waals surface area (Å²) in [4.78, 5) is 23.2. The van der Waals surface area contributed by atoms with Gasteiger partial charge in [0.25, 0.3) is 0 Å². The van der Waals surface area contributed by atoms with Gasteiger partial charge in [-0.05, 0) is 37.0 Å². The van der Waals surface area contributed by atoms with Crippen LogP contribution in [0.4, 0.5) is 0 Å². The van der Waals surface area contributed by atoms with E-state index in [4.69, 9.17) is 5.11 Å². The quantitative estimate of drug-likeness (QED) is 0.788. The van der Waals surface area contributed by atoms with E-state index in [0.29, 0.717) is 25.9 Å². The average Bonchev–Trinajstić information content (AvgIpc) is 2.54. The van der Waals surface area contributed by atoms with Gasteiger partial charge >= 0.3 is 5.97 Å². The third-order valence-corrected chi connectivity index (χ3v) is 5.36. The molecule has 0 aliphatic carbocycles. The number of carboxylic acids is 1. The van der Waals surface area contributed by atoms with Crippen LogP contribution in [-0.4, -0.2) is 55.1 Å². The summed E-state index contributed by atoms with van der Waals surface area (Å²) in [6.45, 7) is 0.702. The van der Waals surface area contributed by atoms with Crippen molar-refractivity contribution in [2.45, 2.75) is 31.7 Å². The first-order valence-corrected chi connectivity index (χ1v) is 9.70. The molecule has 0 aromatic heterocycles. The van der Waals surface area contributed by atoms with Gasteiger partial charge in [0.1, 0.15) is 6.04 Å². The highest BCUT2D eigenvalue weighted by atomic mass is 32.2. The Labute approximate surface area is 141 Å². The van der Waals surface area contributed by atoms with E-state index in [1.807, 2.05) is 0 Å². The van der Waals surface area contributed by atoms with Gasteiger partial charge in [-0.15, -0.1) is 0 Å². The van der Waals surface area contributed by atoms with E-state index >= 15 is 0 Å². The Morgan fingerprint density at radius 3 is 2.75 bits per heavy atom. The van der Waals surface area contributed by atoms with Crippen molar-refractivity contribution in [3.63, 3.8) is 0 Å². The molecule has 1 atom stereocenters. The number of rotatable bonds is 6. The molecule has 1 aliphatic rings. The molecule has 2 N–H and O–H groups in total. The predicted molar refractivity (Wildman–Crippen MR) is 89.3 cm³/mol. The van der Waals surface area contributed by atoms with Crippen molar-refractivity contribution in [2.24, 2.45) is 0 Å². The second kappa shape index (κ2) is 7.76. The zero-order chi connectivity index (χ0) is 17.7. The lowest BCUT2D eigenvalue weighted by molar-refractivity contribution is -0.125. The van der Waals surface area contributed by atoms with Crippen LogP contribution in [0.1, 0.15) is 35.2 Å². The molecule has 1 saturated heterocycles. The third-order valence-electron chi connectivity index (χ3n) is 4.07. The van der Waals surface area contributed by atoms with Crippen LogP contribution in [-0.2, 0) is 21.2 Å². The Kier molecular flexibility index (Phi) is 5.95. The number of aromatic carboxylic acids is 1. The summed E-state index contributed by atoms with van der Waals surface area (Å²) < 4.78 is 24.8. The van der Waals surface area contributed by atoms with Gasteiger partial charge in [-0.3, -0.25) is 4.79 Å². The van der Waals surface area contributed by atoms with Crippen LogP contribution in [0, 0.1) is 0 Å². The molecule has 1 aliphatic heterocycles. The molecule has 0 bridgehead atoms. The Bertz CT molecular complexity index is 717. The number of carbonyl (C=O) groups excluding carboxylic acids is 1. The van der Waals surface area contributed by atoms with Crippen LogP contribution >= 0.6 is 0 Å². The van der Waals surface area contributed by atoms with Gasteiger partial charge in [0.15, 0.2) is 0 Å². The number of hydrogen-bond donors (Lipinski definition) is 2. The maximum atomic E-state index is 12.3. The van der Waals surface area contributed by atoms with Crippen molar-refractivity contribution in [2.75, 3.05) is 19.3 Å². The molecule has 1 unspecified atom stereocenters. The van der Waals surface area contributed by atoms with Crippen molar-refractivity contribution >= 4 is 21.9 Å². The van der Waals surface area contributed by atoms with Crippen LogP contribution in [0.25, 0.3) is 0 Å². The average molecular weight is 354 g/mol. The van der Waals surface area contributed by atoms with E-state index in [-0.39, 0.29) is 11.5 Å². The lowest BCUT2D eigenvalue weighted by Gasteiger charge is -2.32. The number of carbonyl (C=O) groups is 2. The zero-order valence-corrected chi connectivity index (χ0v) is 14.4. The van der Waals surface area contributed by atoms with Gasteiger partial charge in [-0.25, -0.2) is 13.2 Å². The second-order valence-electron chi connectivity index (χ2n) is 5.93. The Morgan fingerprint density at radius 2 is 2.08 bits per heavy atom. The molecular weight excluding hydrogens is 332 g/mol. The minimum atomic E-state index is -3.41. The van der Waals surface area contributed by atoms with E-state index in [9.17, 15) is 18.0 Å². The van der Waals surface area contributed by atoms with E-state index in [1.165, 1.54) is 10.4 Å². The summed E-state index contributed by atoms with van der Waals surface area (Å²) in [5.41, 5.74) is 1.01. The summed E-state index contributed by atoms with van der Waals surface area (Å²) in [7, 11) is -3.41. The van der Waals surface area contributed by atoms with Gasteiger partial charge in [0.05, 0.1) is 11.8 Å². The van der Waals surface area contributed by atoms with Crippen molar-refractivity contribution in [3.8, 4) is 0 Å². The molecule has 8 heteroatoms. The van der Waals surface area contributed by atoms with Gasteiger partial charge in [0, 0.05) is 13.1 Å². The molecule has 1 aromatic rings. The first kappa shape index (κ1) is 18.4. The topological polar surface area (TPSA) is 104 Å². The summed E-state index contributed by atoms with van der Waals surface area (Å²) in [5, 5.41) is 11.7. The molecule has 0 saturated carbocycles. The highest BCUT2D eigenvalue weighted by Crippen LogP contribution is 2.20. The van der Waals surface area contributed by atoms with Crippen molar-refractivity contribution < 1.29 is 23.1 Å². The van der Waals surface area contributed by atoms with Gasteiger partial charge in [0.2, 0.25) is 15.9 Å². The number of hydrogen-bond acceptors (Lipinski definition) is 4. The number of benzene rings is 1. The predicted octanol–water partition coefficient (Wildman–Crippen LogP) is 0.858. The molecule has 2 rings (SSSR count). The van der Waals surface area contributed by atoms with Crippen LogP contribution < -0.4 is 5.32 Å². The first-order valence-electron chi connectivity index (χ1n) is 7.86. The monoisotopic (exact) mass is 354 g/mol. The molecule has 1 aromatic carbocycles. The lowest BCUT2D eigenvalue weighted by atomic mass is 10.0. The van der Waals surface area contributed by atoms with Crippen molar-refractivity contribution in [1.82, 2.24) is 9.62 Å². The van der Waals surface area contributed by atoms with E-state index < -0.39 is 22.0 Å². The Balaban J connectivity index is 1.93. The van der Waals surface area contributed by atoms with Crippen LogP contribution in [0.2, 0.25) is 0 Å². The summed E-state index contributed by atoms with van der Waals surface area (Å²) in [5.74, 6) is -1.29. The molecule has 7 nitrogen and oxygen atoms in total. The minimum absolute atomic E-state index is 0.203. The second-order valence-corrected chi connectivity index (χ2v) is 7.87. The number of nitrogens with one attached hydrogen (secondary N) is 1. The van der Waals surface area contributed by atoms with Gasteiger partial charge in [-0.1, -0.05) is 18.6 Å². The minimum Gasteiger partial charge on any atom is -0.478 e. The maximum Gasteiger partial charge on any atom is 0.335 e. The molecule has 0 spiro atoms. The van der Waals surface area contributed by atoms with Crippen LogP contribution in [0.5, 0.6) is 0 Å². The smallest absolute Gasteiger partial charge is 0.335 e. The number of nitrogens with zero attached hydrogens (tertiary/aromatic N) is 1. The molecule has 1 heterocycles. The largest absolute Gasteiger partial charge is 0.478 e. The van der Waals surface area contributed by atoms with Crippen LogP contribution in [0.15, 0.2) is 24.3 Å². The van der Waals surface area contributed by atoms with Crippen LogP contribution in [0.3, 0.4) is 0 Å². The number of amides is 1. The van der Waals surface area contributed by atoms with Crippen molar-refractivity contribution in [1.29, 1.82) is 0 Å². The first-order chi connectivity index (χ1) is 11.3.